The number of hydrogen-bond acceptors (Lipinski definition) is 5. The Morgan fingerprint density at radius 1 is 1.43 bits per heavy atom. The fourth-order valence-corrected chi connectivity index (χ4v) is 3.48. The molecular formula is C16H21N3OS. The van der Waals surface area contributed by atoms with Crippen LogP contribution in [-0.4, -0.2) is 23.1 Å². The SMILES string of the molecule is CCc1nc(C(NC2CC2)c2ccc(OC)nc2)sc1C. The molecule has 1 aliphatic rings. The predicted octanol–water partition coefficient (Wildman–Crippen LogP) is 3.26. The van der Waals surface area contributed by atoms with Crippen molar-refractivity contribution in [1.82, 2.24) is 15.3 Å². The molecule has 1 aliphatic carbocycles. The van der Waals surface area contributed by atoms with Crippen molar-refractivity contribution in [2.24, 2.45) is 0 Å². The molecule has 0 bridgehead atoms. The molecule has 1 unspecified atom stereocenters. The maximum absolute atomic E-state index is 5.14. The van der Waals surface area contributed by atoms with Crippen LogP contribution in [-0.2, 0) is 6.42 Å². The van der Waals surface area contributed by atoms with E-state index in [-0.39, 0.29) is 6.04 Å². The normalized spacial score (nSPS) is 16.0. The zero-order valence-electron chi connectivity index (χ0n) is 12.7. The van der Waals surface area contributed by atoms with Gasteiger partial charge in [0.05, 0.1) is 18.8 Å². The molecule has 0 radical (unpaired) electrons. The van der Waals surface area contributed by atoms with Gasteiger partial charge in [-0.15, -0.1) is 11.3 Å². The van der Waals surface area contributed by atoms with Crippen LogP contribution >= 0.6 is 11.3 Å². The Hall–Kier alpha value is -1.46. The quantitative estimate of drug-likeness (QED) is 0.890. The number of thiazole rings is 1. The third-order valence-corrected chi connectivity index (χ3v) is 4.85. The minimum absolute atomic E-state index is 0.139. The van der Waals surface area contributed by atoms with Crippen LogP contribution in [0.5, 0.6) is 5.88 Å². The zero-order valence-corrected chi connectivity index (χ0v) is 13.5. The van der Waals surface area contributed by atoms with Crippen molar-refractivity contribution >= 4 is 11.3 Å². The molecular weight excluding hydrogens is 282 g/mol. The predicted molar refractivity (Wildman–Crippen MR) is 85.0 cm³/mol. The first kappa shape index (κ1) is 14.5. The molecule has 4 nitrogen and oxygen atoms in total. The van der Waals surface area contributed by atoms with Crippen molar-refractivity contribution < 1.29 is 4.74 Å². The van der Waals surface area contributed by atoms with Crippen molar-refractivity contribution in [3.63, 3.8) is 0 Å². The van der Waals surface area contributed by atoms with Crippen LogP contribution < -0.4 is 10.1 Å². The lowest BCUT2D eigenvalue weighted by atomic mass is 10.1. The molecule has 0 saturated heterocycles. The molecule has 5 heteroatoms. The van der Waals surface area contributed by atoms with Gasteiger partial charge in [-0.05, 0) is 31.7 Å². The number of nitrogens with one attached hydrogen (secondary N) is 1. The summed E-state index contributed by atoms with van der Waals surface area (Å²) in [6.07, 6.45) is 5.39. The molecule has 2 aromatic rings. The number of hydrogen-bond donors (Lipinski definition) is 1. The molecule has 2 heterocycles. The minimum atomic E-state index is 0.139. The Bertz CT molecular complexity index is 604. The fraction of sp³-hybridized carbons (Fsp3) is 0.500. The van der Waals surface area contributed by atoms with E-state index in [2.05, 4.69) is 30.2 Å². The zero-order chi connectivity index (χ0) is 14.8. The summed E-state index contributed by atoms with van der Waals surface area (Å²) in [5, 5.41) is 4.83. The number of pyridine rings is 1. The van der Waals surface area contributed by atoms with E-state index in [0.29, 0.717) is 11.9 Å². The van der Waals surface area contributed by atoms with E-state index in [0.717, 1.165) is 17.0 Å². The average Bonchev–Trinajstić information content (AvgIpc) is 3.26. The third-order valence-electron chi connectivity index (χ3n) is 3.77. The largest absolute Gasteiger partial charge is 0.481 e. The van der Waals surface area contributed by atoms with Gasteiger partial charge >= 0.3 is 0 Å². The first-order valence-corrected chi connectivity index (χ1v) is 8.25. The van der Waals surface area contributed by atoms with Gasteiger partial charge in [-0.1, -0.05) is 13.0 Å². The smallest absolute Gasteiger partial charge is 0.212 e. The Morgan fingerprint density at radius 2 is 2.24 bits per heavy atom. The highest BCUT2D eigenvalue weighted by Crippen LogP contribution is 2.32. The van der Waals surface area contributed by atoms with Crippen molar-refractivity contribution in [3.8, 4) is 5.88 Å². The molecule has 2 aromatic heterocycles. The van der Waals surface area contributed by atoms with Gasteiger partial charge in [0, 0.05) is 23.2 Å². The topological polar surface area (TPSA) is 47.0 Å². The van der Waals surface area contributed by atoms with Crippen LogP contribution in [0.25, 0.3) is 0 Å². The van der Waals surface area contributed by atoms with Gasteiger partial charge in [0.2, 0.25) is 5.88 Å². The summed E-state index contributed by atoms with van der Waals surface area (Å²) in [5.74, 6) is 0.647. The summed E-state index contributed by atoms with van der Waals surface area (Å²) in [6, 6.07) is 4.75. The highest BCUT2D eigenvalue weighted by atomic mass is 32.1. The molecule has 0 spiro atoms. The van der Waals surface area contributed by atoms with Crippen molar-refractivity contribution in [3.05, 3.63) is 39.5 Å². The van der Waals surface area contributed by atoms with Crippen LogP contribution in [0.1, 0.15) is 46.9 Å². The summed E-state index contributed by atoms with van der Waals surface area (Å²) in [4.78, 5) is 10.5. The van der Waals surface area contributed by atoms with Crippen LogP contribution in [0.15, 0.2) is 18.3 Å². The Balaban J connectivity index is 1.91. The van der Waals surface area contributed by atoms with Crippen molar-refractivity contribution in [2.45, 2.75) is 45.2 Å². The summed E-state index contributed by atoms with van der Waals surface area (Å²) in [7, 11) is 1.64. The molecule has 3 rings (SSSR count). The summed E-state index contributed by atoms with van der Waals surface area (Å²) in [5.41, 5.74) is 2.36. The maximum Gasteiger partial charge on any atom is 0.212 e. The van der Waals surface area contributed by atoms with E-state index >= 15 is 0 Å². The summed E-state index contributed by atoms with van der Waals surface area (Å²) in [6.45, 7) is 4.31. The molecule has 112 valence electrons. The highest BCUT2D eigenvalue weighted by molar-refractivity contribution is 7.11. The second-order valence-corrected chi connectivity index (χ2v) is 6.65. The molecule has 1 saturated carbocycles. The van der Waals surface area contributed by atoms with Crippen LogP contribution in [0.3, 0.4) is 0 Å². The highest BCUT2D eigenvalue weighted by Gasteiger charge is 2.28. The summed E-state index contributed by atoms with van der Waals surface area (Å²) < 4.78 is 5.14. The van der Waals surface area contributed by atoms with Crippen LogP contribution in [0.2, 0.25) is 0 Å². The van der Waals surface area contributed by atoms with E-state index in [4.69, 9.17) is 9.72 Å². The monoisotopic (exact) mass is 303 g/mol. The van der Waals surface area contributed by atoms with E-state index in [1.807, 2.05) is 12.3 Å². The molecule has 0 aliphatic heterocycles. The number of nitrogens with zero attached hydrogens (tertiary/aromatic N) is 2. The molecule has 0 amide bonds. The van der Waals surface area contributed by atoms with E-state index in [1.54, 1.807) is 18.4 Å². The molecule has 21 heavy (non-hydrogen) atoms. The Morgan fingerprint density at radius 3 is 2.76 bits per heavy atom. The van der Waals surface area contributed by atoms with Crippen molar-refractivity contribution in [1.29, 1.82) is 0 Å². The molecule has 1 atom stereocenters. The molecule has 0 aromatic carbocycles. The Kier molecular flexibility index (Phi) is 4.22. The fourth-order valence-electron chi connectivity index (χ4n) is 2.38. The second kappa shape index (κ2) is 6.12. The third kappa shape index (κ3) is 3.24. The van der Waals surface area contributed by atoms with E-state index < -0.39 is 0 Å². The lowest BCUT2D eigenvalue weighted by molar-refractivity contribution is 0.397. The number of methoxy groups -OCH3 is 1. The first-order valence-electron chi connectivity index (χ1n) is 7.43. The van der Waals surface area contributed by atoms with Gasteiger partial charge in [0.25, 0.3) is 0 Å². The van der Waals surface area contributed by atoms with Crippen molar-refractivity contribution in [2.75, 3.05) is 7.11 Å². The van der Waals surface area contributed by atoms with Crippen LogP contribution in [0, 0.1) is 6.92 Å². The number of aryl methyl sites for hydroxylation is 2. The minimum Gasteiger partial charge on any atom is -0.481 e. The summed E-state index contributed by atoms with van der Waals surface area (Å²) >= 11 is 1.79. The molecule has 1 N–H and O–H groups in total. The number of ether oxygens (including phenoxy) is 1. The van der Waals surface area contributed by atoms with Gasteiger partial charge in [-0.25, -0.2) is 9.97 Å². The number of rotatable bonds is 6. The lowest BCUT2D eigenvalue weighted by Gasteiger charge is -2.16. The maximum atomic E-state index is 5.14. The number of aromatic nitrogens is 2. The molecule has 1 fully saturated rings. The van der Waals surface area contributed by atoms with E-state index in [1.165, 1.54) is 23.4 Å². The average molecular weight is 303 g/mol. The van der Waals surface area contributed by atoms with Gasteiger partial charge < -0.3 is 10.1 Å². The van der Waals surface area contributed by atoms with Gasteiger partial charge in [-0.2, -0.15) is 0 Å². The van der Waals surface area contributed by atoms with Gasteiger partial charge in [-0.3, -0.25) is 0 Å². The first-order chi connectivity index (χ1) is 10.2. The standard InChI is InChI=1S/C16H21N3OS/c1-4-13-10(2)21-16(19-13)15(18-12-6-7-12)11-5-8-14(20-3)17-9-11/h5,8-9,12,15,18H,4,6-7H2,1-3H3. The van der Waals surface area contributed by atoms with Gasteiger partial charge in [0.15, 0.2) is 0 Å². The lowest BCUT2D eigenvalue weighted by Crippen LogP contribution is -2.24. The van der Waals surface area contributed by atoms with E-state index in [9.17, 15) is 0 Å². The van der Waals surface area contributed by atoms with Crippen LogP contribution in [0.4, 0.5) is 0 Å². The second-order valence-electron chi connectivity index (χ2n) is 5.42. The Labute approximate surface area is 129 Å². The van der Waals surface area contributed by atoms with Gasteiger partial charge in [0.1, 0.15) is 5.01 Å².